The van der Waals surface area contributed by atoms with E-state index in [9.17, 15) is 0 Å². The Kier molecular flexibility index (Phi) is 4.34. The summed E-state index contributed by atoms with van der Waals surface area (Å²) in [5, 5.41) is 0. The van der Waals surface area contributed by atoms with Gasteiger partial charge in [0.2, 0.25) is 0 Å². The van der Waals surface area contributed by atoms with Crippen LogP contribution in [0.4, 0.5) is 0 Å². The van der Waals surface area contributed by atoms with Gasteiger partial charge in [-0.25, -0.2) is 0 Å². The largest absolute Gasteiger partial charge is 0.396 e. The molecule has 1 rings (SSSR count). The lowest BCUT2D eigenvalue weighted by atomic mass is 10.3. The van der Waals surface area contributed by atoms with Crippen LogP contribution in [0.1, 0.15) is 13.3 Å². The SMILES string of the molecule is CCO[Si](C)(COC1CCO1)OC. The van der Waals surface area contributed by atoms with Crippen LogP contribution >= 0.6 is 0 Å². The second-order valence-corrected chi connectivity index (χ2v) is 6.42. The molecule has 78 valence electrons. The molecule has 0 aromatic carbocycles. The second kappa shape index (κ2) is 5.07. The lowest BCUT2D eigenvalue weighted by Gasteiger charge is -2.30. The zero-order chi connectivity index (χ0) is 9.73. The van der Waals surface area contributed by atoms with Crippen molar-refractivity contribution in [2.24, 2.45) is 0 Å². The minimum absolute atomic E-state index is 0.0255. The summed E-state index contributed by atoms with van der Waals surface area (Å²) in [6.07, 6.45) is 1.50. The van der Waals surface area contributed by atoms with Crippen LogP contribution < -0.4 is 0 Å². The molecule has 0 saturated carbocycles. The molecule has 2 atom stereocenters. The van der Waals surface area contributed by atoms with Gasteiger partial charge in [-0.15, -0.1) is 0 Å². The van der Waals surface area contributed by atoms with Gasteiger partial charge in [-0.1, -0.05) is 0 Å². The lowest BCUT2D eigenvalue weighted by molar-refractivity contribution is -0.209. The molecule has 1 aliphatic heterocycles. The van der Waals surface area contributed by atoms with Gasteiger partial charge in [0, 0.05) is 20.1 Å². The van der Waals surface area contributed by atoms with Crippen molar-refractivity contribution in [2.75, 3.05) is 26.6 Å². The van der Waals surface area contributed by atoms with Gasteiger partial charge in [0.25, 0.3) is 0 Å². The molecule has 0 aromatic rings. The molecule has 4 nitrogen and oxygen atoms in total. The Hall–Kier alpha value is 0.0569. The fraction of sp³-hybridized carbons (Fsp3) is 1.00. The summed E-state index contributed by atoms with van der Waals surface area (Å²) in [5.41, 5.74) is 0. The minimum atomic E-state index is -2.07. The third-order valence-corrected chi connectivity index (χ3v) is 4.52. The summed E-state index contributed by atoms with van der Waals surface area (Å²) in [4.78, 5) is 0. The number of rotatable bonds is 6. The average Bonchev–Trinajstić information content (AvgIpc) is 2.02. The van der Waals surface area contributed by atoms with Crippen LogP contribution in [0, 0.1) is 0 Å². The van der Waals surface area contributed by atoms with Crippen molar-refractivity contribution in [1.29, 1.82) is 0 Å². The Morgan fingerprint density at radius 1 is 1.54 bits per heavy atom. The van der Waals surface area contributed by atoms with E-state index in [1.807, 2.05) is 13.5 Å². The predicted molar refractivity (Wildman–Crippen MR) is 50.6 cm³/mol. The molecule has 0 amide bonds. The first kappa shape index (κ1) is 11.1. The van der Waals surface area contributed by atoms with Crippen molar-refractivity contribution < 1.29 is 18.3 Å². The van der Waals surface area contributed by atoms with E-state index in [-0.39, 0.29) is 6.29 Å². The number of ether oxygens (including phenoxy) is 2. The summed E-state index contributed by atoms with van der Waals surface area (Å²) >= 11 is 0. The molecule has 1 aliphatic rings. The second-order valence-electron chi connectivity index (χ2n) is 3.17. The average molecular weight is 206 g/mol. The molecule has 1 heterocycles. The smallest absolute Gasteiger partial charge is 0.361 e. The Bertz CT molecular complexity index is 151. The van der Waals surface area contributed by atoms with Gasteiger partial charge in [0.1, 0.15) is 0 Å². The first-order valence-electron chi connectivity index (χ1n) is 4.62. The maximum atomic E-state index is 5.53. The zero-order valence-electron chi connectivity index (χ0n) is 8.54. The van der Waals surface area contributed by atoms with Crippen molar-refractivity contribution >= 4 is 8.56 Å². The Morgan fingerprint density at radius 3 is 2.62 bits per heavy atom. The molecule has 0 spiro atoms. The Labute approximate surface area is 80.4 Å². The Morgan fingerprint density at radius 2 is 2.23 bits per heavy atom. The normalized spacial score (nSPS) is 26.5. The summed E-state index contributed by atoms with van der Waals surface area (Å²) in [5.74, 6) is 0. The summed E-state index contributed by atoms with van der Waals surface area (Å²) < 4.78 is 21.5. The molecule has 0 N–H and O–H groups in total. The maximum absolute atomic E-state index is 5.53. The molecule has 0 aliphatic carbocycles. The summed E-state index contributed by atoms with van der Waals surface area (Å²) in [6.45, 7) is 5.44. The van der Waals surface area contributed by atoms with Gasteiger partial charge in [-0.05, 0) is 13.5 Å². The molecule has 5 heteroatoms. The number of hydrogen-bond donors (Lipinski definition) is 0. The summed E-state index contributed by atoms with van der Waals surface area (Å²) in [6, 6.07) is 0. The van der Waals surface area contributed by atoms with Crippen LogP contribution in [-0.4, -0.2) is 41.4 Å². The van der Waals surface area contributed by atoms with Gasteiger partial charge in [0.05, 0.1) is 12.8 Å². The van der Waals surface area contributed by atoms with E-state index in [4.69, 9.17) is 18.3 Å². The fourth-order valence-corrected chi connectivity index (χ4v) is 2.47. The molecular formula is C8H18O4Si. The summed E-state index contributed by atoms with van der Waals surface area (Å²) in [7, 11) is -0.397. The van der Waals surface area contributed by atoms with E-state index in [1.165, 1.54) is 0 Å². The quantitative estimate of drug-likeness (QED) is 0.609. The molecule has 0 radical (unpaired) electrons. The molecule has 0 aromatic heterocycles. The number of hydrogen-bond acceptors (Lipinski definition) is 4. The van der Waals surface area contributed by atoms with Crippen LogP contribution in [0.3, 0.4) is 0 Å². The van der Waals surface area contributed by atoms with Crippen LogP contribution in [0.15, 0.2) is 0 Å². The van der Waals surface area contributed by atoms with E-state index in [0.717, 1.165) is 13.0 Å². The monoisotopic (exact) mass is 206 g/mol. The van der Waals surface area contributed by atoms with Crippen molar-refractivity contribution in [3.8, 4) is 0 Å². The molecule has 2 unspecified atom stereocenters. The van der Waals surface area contributed by atoms with Crippen molar-refractivity contribution in [1.82, 2.24) is 0 Å². The molecule has 1 saturated heterocycles. The van der Waals surface area contributed by atoms with Gasteiger partial charge in [0.15, 0.2) is 6.29 Å². The van der Waals surface area contributed by atoms with Gasteiger partial charge in [-0.3, -0.25) is 0 Å². The fourth-order valence-electron chi connectivity index (χ4n) is 1.05. The van der Waals surface area contributed by atoms with E-state index < -0.39 is 8.56 Å². The van der Waals surface area contributed by atoms with Crippen LogP contribution in [-0.2, 0) is 18.3 Å². The highest BCUT2D eigenvalue weighted by Crippen LogP contribution is 2.15. The van der Waals surface area contributed by atoms with E-state index in [2.05, 4.69) is 0 Å². The van der Waals surface area contributed by atoms with E-state index in [1.54, 1.807) is 7.11 Å². The first-order chi connectivity index (χ1) is 6.20. The third-order valence-electron chi connectivity index (χ3n) is 2.07. The molecule has 13 heavy (non-hydrogen) atoms. The highest BCUT2D eigenvalue weighted by molar-refractivity contribution is 6.65. The van der Waals surface area contributed by atoms with Gasteiger partial charge >= 0.3 is 8.56 Å². The minimum Gasteiger partial charge on any atom is -0.396 e. The van der Waals surface area contributed by atoms with Gasteiger partial charge < -0.3 is 18.3 Å². The van der Waals surface area contributed by atoms with Crippen LogP contribution in [0.25, 0.3) is 0 Å². The van der Waals surface area contributed by atoms with Crippen molar-refractivity contribution in [2.45, 2.75) is 26.2 Å². The van der Waals surface area contributed by atoms with Gasteiger partial charge in [-0.2, -0.15) is 0 Å². The predicted octanol–water partition coefficient (Wildman–Crippen LogP) is 1.04. The maximum Gasteiger partial charge on any atom is 0.361 e. The van der Waals surface area contributed by atoms with Crippen LogP contribution in [0.5, 0.6) is 0 Å². The highest BCUT2D eigenvalue weighted by Gasteiger charge is 2.33. The standard InChI is InChI=1S/C8H18O4Si/c1-4-12-13(3,9-2)7-11-8-5-6-10-8/h8H,4-7H2,1-3H3. The first-order valence-corrected chi connectivity index (χ1v) is 7.15. The zero-order valence-corrected chi connectivity index (χ0v) is 9.54. The topological polar surface area (TPSA) is 36.9 Å². The molecular weight excluding hydrogens is 188 g/mol. The Balaban J connectivity index is 2.20. The van der Waals surface area contributed by atoms with E-state index >= 15 is 0 Å². The van der Waals surface area contributed by atoms with Crippen molar-refractivity contribution in [3.05, 3.63) is 0 Å². The lowest BCUT2D eigenvalue weighted by Crippen LogP contribution is -2.46. The molecule has 0 bridgehead atoms. The molecule has 1 fully saturated rings. The van der Waals surface area contributed by atoms with E-state index in [0.29, 0.717) is 12.8 Å². The highest BCUT2D eigenvalue weighted by atomic mass is 28.4. The third kappa shape index (κ3) is 3.36. The van der Waals surface area contributed by atoms with Crippen molar-refractivity contribution in [3.63, 3.8) is 0 Å². The van der Waals surface area contributed by atoms with Crippen LogP contribution in [0.2, 0.25) is 6.55 Å².